The highest BCUT2D eigenvalue weighted by Crippen LogP contribution is 2.23. The molecule has 0 spiro atoms. The molecule has 2 amide bonds. The molecular formula is C53H80N4O14S2. The summed E-state index contributed by atoms with van der Waals surface area (Å²) in [7, 11) is -4.73. The average Bonchev–Trinajstić information content (AvgIpc) is 4.16. The van der Waals surface area contributed by atoms with E-state index in [2.05, 4.69) is 15.5 Å². The number of hydrogen-bond acceptors (Lipinski definition) is 14. The zero-order valence-electron chi connectivity index (χ0n) is 43.6. The molecule has 20 heteroatoms. The zero-order chi connectivity index (χ0) is 53.7. The minimum absolute atomic E-state index is 0. The number of carbonyl (C=O) groups is 2. The number of methoxy groups -OCH3 is 2. The van der Waals surface area contributed by atoms with Gasteiger partial charge in [-0.1, -0.05) is 105 Å². The van der Waals surface area contributed by atoms with Gasteiger partial charge in [0, 0.05) is 0 Å². The van der Waals surface area contributed by atoms with E-state index in [1.807, 2.05) is 109 Å². The van der Waals surface area contributed by atoms with Crippen molar-refractivity contribution in [3.8, 4) is 11.5 Å². The first-order chi connectivity index (χ1) is 33.7. The number of hydrogen-bond donors (Lipinski definition) is 4. The number of ether oxygens (including phenoxy) is 5. The second kappa shape index (κ2) is 30.1. The Labute approximate surface area is 434 Å². The molecule has 1 aliphatic rings. The topological polar surface area (TPSA) is 230 Å². The number of carbonyl (C=O) groups excluding carboxylic acids is 2. The molecule has 73 heavy (non-hydrogen) atoms. The molecular weight excluding hydrogens is 981 g/mol. The molecule has 0 aromatic heterocycles. The molecule has 5 rings (SSSR count). The van der Waals surface area contributed by atoms with Gasteiger partial charge in [0.25, 0.3) is 20.0 Å². The van der Waals surface area contributed by atoms with Crippen LogP contribution < -0.4 is 25.0 Å². The molecule has 1 heterocycles. The maximum Gasteiger partial charge on any atom is 0.407 e. The summed E-state index contributed by atoms with van der Waals surface area (Å²) in [5.41, 5.74) is 0.812. The van der Waals surface area contributed by atoms with Gasteiger partial charge < -0.3 is 39.4 Å². The summed E-state index contributed by atoms with van der Waals surface area (Å²) in [4.78, 5) is 37.1. The number of sulfonamides is 2. The Morgan fingerprint density at radius 1 is 0.671 bits per heavy atom. The summed E-state index contributed by atoms with van der Waals surface area (Å²) in [5.74, 6) is 1.41. The maximum atomic E-state index is 13.4. The van der Waals surface area contributed by atoms with Gasteiger partial charge in [-0.2, -0.15) is 0 Å². The Balaban J connectivity index is 0.000000413. The molecule has 4 unspecified atom stereocenters. The van der Waals surface area contributed by atoms with Crippen molar-refractivity contribution in [3.63, 3.8) is 0 Å². The Bertz CT molecular complexity index is 2430. The lowest BCUT2D eigenvalue weighted by molar-refractivity contribution is -0.115. The van der Waals surface area contributed by atoms with Crippen molar-refractivity contribution >= 4 is 32.2 Å². The molecule has 4 aromatic carbocycles. The fourth-order valence-corrected chi connectivity index (χ4v) is 8.26. The van der Waals surface area contributed by atoms with Crippen LogP contribution >= 0.6 is 0 Å². The highest BCUT2D eigenvalue weighted by molar-refractivity contribution is 7.89. The number of aliphatic hydroxyl groups is 1. The first kappa shape index (κ1) is 63.8. The first-order valence-electron chi connectivity index (χ1n) is 23.6. The third-order valence-corrected chi connectivity index (χ3v) is 12.6. The van der Waals surface area contributed by atoms with Crippen LogP contribution in [0.3, 0.4) is 0 Å². The van der Waals surface area contributed by atoms with Crippen LogP contribution in [0.5, 0.6) is 11.5 Å². The van der Waals surface area contributed by atoms with Crippen molar-refractivity contribution in [1.29, 1.82) is 0 Å². The van der Waals surface area contributed by atoms with E-state index in [0.29, 0.717) is 24.7 Å². The van der Waals surface area contributed by atoms with Crippen LogP contribution in [-0.4, -0.2) is 115 Å². The van der Waals surface area contributed by atoms with Crippen molar-refractivity contribution in [2.75, 3.05) is 40.6 Å². The van der Waals surface area contributed by atoms with E-state index in [9.17, 15) is 31.5 Å². The number of nitrogens with one attached hydrogen (secondary N) is 3. The minimum atomic E-state index is -4.13. The van der Waals surface area contributed by atoms with Gasteiger partial charge in [0.05, 0.1) is 68.6 Å². The van der Waals surface area contributed by atoms with Crippen LogP contribution in [0.4, 0.5) is 9.59 Å². The number of benzene rings is 4. The Morgan fingerprint density at radius 2 is 1.11 bits per heavy atom. The summed E-state index contributed by atoms with van der Waals surface area (Å²) >= 11 is 0. The van der Waals surface area contributed by atoms with E-state index in [1.165, 1.54) is 56.2 Å². The molecule has 18 nitrogen and oxygen atoms in total. The predicted octanol–water partition coefficient (Wildman–Crippen LogP) is 8.49. The van der Waals surface area contributed by atoms with E-state index < -0.39 is 56.0 Å². The van der Waals surface area contributed by atoms with Crippen LogP contribution in [0.2, 0.25) is 0 Å². The molecule has 0 saturated carbocycles. The Hall–Kier alpha value is -5.32. The van der Waals surface area contributed by atoms with E-state index in [0.717, 1.165) is 16.5 Å². The van der Waals surface area contributed by atoms with Crippen molar-refractivity contribution in [2.45, 2.75) is 135 Å². The zero-order valence-corrected chi connectivity index (χ0v) is 45.3. The molecule has 4 N–H and O–H groups in total. The molecule has 1 aliphatic heterocycles. The maximum absolute atomic E-state index is 13.4. The highest BCUT2D eigenvalue weighted by atomic mass is 32.2. The largest absolute Gasteiger partial charge is 0.497 e. The minimum Gasteiger partial charge on any atom is -0.497 e. The lowest BCUT2D eigenvalue weighted by Gasteiger charge is -2.30. The lowest BCUT2D eigenvalue weighted by atomic mass is 10.0. The molecule has 1 fully saturated rings. The van der Waals surface area contributed by atoms with Crippen molar-refractivity contribution in [2.24, 2.45) is 11.8 Å². The normalized spacial score (nSPS) is 14.7. The van der Waals surface area contributed by atoms with Gasteiger partial charge in [-0.05, 0) is 126 Å². The standard InChI is InChI=1S/C26H38N2O7S.C15H21NO3.C11H17NO4S.CH4/c1-19(2)18-34-28(36(31,32)22-14-12-21(33-6)13-15-22)17-24(29)23(16-20-10-8-7-9-11-20)27-25(30)35-26(3,4)5;1-15(2,3)19-14(17)16-12(13-10-18-13)9-11-7-5-4-6-8-11;1-9(2)8-16-12-17(13,14)11-6-4-10(15-3)5-7-11;/h7-15,19,23-24,29H,16-18H2,1-6H3,(H,27,30);4-8,12-13H,9-10H2,1-3H3,(H,16,17);4-7,9,12H,8H2,1-3H3;1H4. The lowest BCUT2D eigenvalue weighted by Crippen LogP contribution is -2.51. The van der Waals surface area contributed by atoms with E-state index >= 15 is 0 Å². The molecule has 4 atom stereocenters. The number of alkyl carbamates (subject to hydrolysis) is 2. The van der Waals surface area contributed by atoms with E-state index in [1.54, 1.807) is 32.9 Å². The van der Waals surface area contributed by atoms with Crippen molar-refractivity contribution in [3.05, 3.63) is 120 Å². The van der Waals surface area contributed by atoms with Crippen LogP contribution in [0.1, 0.15) is 87.8 Å². The monoisotopic (exact) mass is 1060 g/mol. The van der Waals surface area contributed by atoms with Gasteiger partial charge in [-0.25, -0.2) is 26.4 Å². The van der Waals surface area contributed by atoms with Gasteiger partial charge in [0.2, 0.25) is 0 Å². The van der Waals surface area contributed by atoms with Crippen LogP contribution in [0.25, 0.3) is 0 Å². The number of rotatable bonds is 22. The van der Waals surface area contributed by atoms with Gasteiger partial charge in [-0.15, -0.1) is 0 Å². The Kier molecular flexibility index (Phi) is 26.3. The summed E-state index contributed by atoms with van der Waals surface area (Å²) in [6, 6.07) is 30.4. The summed E-state index contributed by atoms with van der Waals surface area (Å²) in [6.07, 6.45) is -1.29. The number of aliphatic hydroxyl groups excluding tert-OH is 1. The smallest absolute Gasteiger partial charge is 0.407 e. The highest BCUT2D eigenvalue weighted by Gasteiger charge is 2.35. The van der Waals surface area contributed by atoms with Crippen molar-refractivity contribution < 1.29 is 64.9 Å². The number of epoxide rings is 1. The quantitative estimate of drug-likeness (QED) is 0.0427. The van der Waals surface area contributed by atoms with Gasteiger partial charge >= 0.3 is 12.2 Å². The summed E-state index contributed by atoms with van der Waals surface area (Å²) in [5, 5.41) is 16.8. The molecule has 1 saturated heterocycles. The molecule has 0 radical (unpaired) electrons. The van der Waals surface area contributed by atoms with Crippen molar-refractivity contribution in [1.82, 2.24) is 20.0 Å². The fourth-order valence-electron chi connectivity index (χ4n) is 6.18. The van der Waals surface area contributed by atoms with Crippen LogP contribution in [-0.2, 0) is 56.8 Å². The average molecular weight is 1060 g/mol. The third-order valence-electron chi connectivity index (χ3n) is 9.74. The molecule has 4 aromatic rings. The van der Waals surface area contributed by atoms with Gasteiger partial charge in [0.15, 0.2) is 0 Å². The van der Waals surface area contributed by atoms with Gasteiger partial charge in [0.1, 0.15) is 28.8 Å². The molecule has 0 bridgehead atoms. The number of nitrogens with zero attached hydrogens (tertiary/aromatic N) is 1. The third kappa shape index (κ3) is 25.0. The summed E-state index contributed by atoms with van der Waals surface area (Å²) in [6.45, 7) is 19.1. The van der Waals surface area contributed by atoms with E-state index in [-0.39, 0.29) is 60.3 Å². The van der Waals surface area contributed by atoms with E-state index in [4.69, 9.17) is 33.4 Å². The van der Waals surface area contributed by atoms with Crippen LogP contribution in [0.15, 0.2) is 119 Å². The number of hydroxylamine groups is 1. The second-order valence-corrected chi connectivity index (χ2v) is 23.1. The van der Waals surface area contributed by atoms with Crippen LogP contribution in [0, 0.1) is 11.8 Å². The molecule has 408 valence electrons. The predicted molar refractivity (Wildman–Crippen MR) is 281 cm³/mol. The summed E-state index contributed by atoms with van der Waals surface area (Å²) < 4.78 is 77.1. The molecule has 0 aliphatic carbocycles. The first-order valence-corrected chi connectivity index (χ1v) is 26.6. The second-order valence-electron chi connectivity index (χ2n) is 19.6. The number of amides is 2. The Morgan fingerprint density at radius 3 is 1.53 bits per heavy atom. The fraction of sp³-hybridized carbons (Fsp3) is 0.509. The SMILES string of the molecule is C.CC(C)(C)OC(=O)NC(Cc1ccccc1)C1CO1.COc1ccc(S(=O)(=O)N(CC(O)C(Cc2ccccc2)NC(=O)OC(C)(C)C)OCC(C)C)cc1.COc1ccc(S(=O)(=O)NOCC(C)C)cc1. The van der Waals surface area contributed by atoms with Gasteiger partial charge in [-0.3, -0.25) is 9.68 Å².